The first-order valence-electron chi connectivity index (χ1n) is 8.67. The molecular formula is C19H29FN2O. The van der Waals surface area contributed by atoms with Crippen LogP contribution >= 0.6 is 0 Å². The Balaban J connectivity index is 1.95. The van der Waals surface area contributed by atoms with Gasteiger partial charge in [0.05, 0.1) is 0 Å². The van der Waals surface area contributed by atoms with Gasteiger partial charge in [0.15, 0.2) is 0 Å². The maximum absolute atomic E-state index is 13.3. The molecule has 0 aliphatic carbocycles. The number of benzene rings is 1. The molecule has 4 heteroatoms. The highest BCUT2D eigenvalue weighted by Crippen LogP contribution is 2.21. The van der Waals surface area contributed by atoms with Gasteiger partial charge in [-0.05, 0) is 68.5 Å². The highest BCUT2D eigenvalue weighted by Gasteiger charge is 2.26. The minimum absolute atomic E-state index is 0.121. The highest BCUT2D eigenvalue weighted by molar-refractivity contribution is 5.94. The Bertz CT molecular complexity index is 536. The zero-order valence-corrected chi connectivity index (χ0v) is 14.7. The van der Waals surface area contributed by atoms with E-state index in [1.54, 1.807) is 19.1 Å². The molecule has 2 rings (SSSR count). The Hall–Kier alpha value is -1.42. The van der Waals surface area contributed by atoms with Gasteiger partial charge in [0.2, 0.25) is 0 Å². The van der Waals surface area contributed by atoms with Crippen molar-refractivity contribution in [2.75, 3.05) is 19.6 Å². The van der Waals surface area contributed by atoms with Gasteiger partial charge in [-0.2, -0.15) is 0 Å². The fourth-order valence-electron chi connectivity index (χ4n) is 3.23. The lowest BCUT2D eigenvalue weighted by Gasteiger charge is -2.38. The van der Waals surface area contributed by atoms with Crippen LogP contribution in [0.25, 0.3) is 0 Å². The van der Waals surface area contributed by atoms with Crippen molar-refractivity contribution >= 4 is 5.91 Å². The van der Waals surface area contributed by atoms with Crippen molar-refractivity contribution in [3.63, 3.8) is 0 Å². The normalized spacial score (nSPS) is 18.2. The predicted molar refractivity (Wildman–Crippen MR) is 92.1 cm³/mol. The molecule has 0 bridgehead atoms. The van der Waals surface area contributed by atoms with E-state index in [1.807, 2.05) is 0 Å². The van der Waals surface area contributed by atoms with Gasteiger partial charge in [0.1, 0.15) is 5.82 Å². The number of likely N-dealkylation sites (tertiary alicyclic amines) is 1. The van der Waals surface area contributed by atoms with E-state index in [4.69, 9.17) is 0 Å². The van der Waals surface area contributed by atoms with Crippen LogP contribution in [0.3, 0.4) is 0 Å². The molecule has 1 unspecified atom stereocenters. The van der Waals surface area contributed by atoms with Crippen molar-refractivity contribution in [1.82, 2.24) is 10.2 Å². The van der Waals surface area contributed by atoms with Crippen LogP contribution in [-0.2, 0) is 0 Å². The number of carbonyl (C=O) groups excluding carboxylic acids is 1. The first-order valence-corrected chi connectivity index (χ1v) is 8.67. The highest BCUT2D eigenvalue weighted by atomic mass is 19.1. The molecular weight excluding hydrogens is 291 g/mol. The minimum Gasteiger partial charge on any atom is -0.350 e. The largest absolute Gasteiger partial charge is 0.350 e. The molecule has 1 fully saturated rings. The molecule has 0 spiro atoms. The molecule has 23 heavy (non-hydrogen) atoms. The van der Waals surface area contributed by atoms with Gasteiger partial charge in [0, 0.05) is 18.2 Å². The monoisotopic (exact) mass is 320 g/mol. The van der Waals surface area contributed by atoms with Crippen molar-refractivity contribution in [2.45, 2.75) is 46.6 Å². The maximum atomic E-state index is 13.3. The Kier molecular flexibility index (Phi) is 6.17. The van der Waals surface area contributed by atoms with Crippen LogP contribution in [0.15, 0.2) is 18.2 Å². The number of piperidine rings is 1. The van der Waals surface area contributed by atoms with Crippen LogP contribution in [0.2, 0.25) is 0 Å². The number of aryl methyl sites for hydroxylation is 1. The topological polar surface area (TPSA) is 32.3 Å². The predicted octanol–water partition coefficient (Wildman–Crippen LogP) is 3.62. The molecule has 1 aromatic carbocycles. The molecule has 3 nitrogen and oxygen atoms in total. The smallest absolute Gasteiger partial charge is 0.251 e. The van der Waals surface area contributed by atoms with Gasteiger partial charge in [-0.3, -0.25) is 9.69 Å². The zero-order valence-electron chi connectivity index (χ0n) is 14.7. The van der Waals surface area contributed by atoms with Gasteiger partial charge in [-0.25, -0.2) is 4.39 Å². The first kappa shape index (κ1) is 17.9. The van der Waals surface area contributed by atoms with E-state index in [0.29, 0.717) is 29.6 Å². The van der Waals surface area contributed by atoms with Gasteiger partial charge < -0.3 is 5.32 Å². The van der Waals surface area contributed by atoms with E-state index >= 15 is 0 Å². The third-order valence-corrected chi connectivity index (χ3v) is 4.95. The van der Waals surface area contributed by atoms with E-state index < -0.39 is 0 Å². The summed E-state index contributed by atoms with van der Waals surface area (Å²) in [5, 5.41) is 3.03. The molecule has 0 saturated carbocycles. The molecule has 1 saturated heterocycles. The fraction of sp³-hybridized carbons (Fsp3) is 0.632. The van der Waals surface area contributed by atoms with Crippen LogP contribution in [0, 0.1) is 24.6 Å². The summed E-state index contributed by atoms with van der Waals surface area (Å²) in [6.07, 6.45) is 2.46. The maximum Gasteiger partial charge on any atom is 0.251 e. The number of carbonyl (C=O) groups is 1. The minimum atomic E-state index is -0.274. The summed E-state index contributed by atoms with van der Waals surface area (Å²) >= 11 is 0. The standard InChI is InChI=1S/C19H29FN2O/c1-13(2)18(22-9-7-14(3)8-10-22)12-21-19(23)16-5-6-17(20)15(4)11-16/h5-6,11,13-14,18H,7-10,12H2,1-4H3,(H,21,23). The van der Waals surface area contributed by atoms with E-state index in [2.05, 4.69) is 31.0 Å². The Morgan fingerprint density at radius 2 is 2.00 bits per heavy atom. The number of halogens is 1. The molecule has 1 atom stereocenters. The second-order valence-corrected chi connectivity index (χ2v) is 7.20. The number of rotatable bonds is 5. The molecule has 1 amide bonds. The molecule has 1 heterocycles. The van der Waals surface area contributed by atoms with Crippen LogP contribution in [-0.4, -0.2) is 36.5 Å². The number of amides is 1. The van der Waals surface area contributed by atoms with E-state index in [9.17, 15) is 9.18 Å². The van der Waals surface area contributed by atoms with E-state index in [0.717, 1.165) is 19.0 Å². The second kappa shape index (κ2) is 7.91. The fourth-order valence-corrected chi connectivity index (χ4v) is 3.23. The summed E-state index contributed by atoms with van der Waals surface area (Å²) in [5.41, 5.74) is 1.03. The lowest BCUT2D eigenvalue weighted by molar-refractivity contribution is 0.0863. The second-order valence-electron chi connectivity index (χ2n) is 7.20. The van der Waals surface area contributed by atoms with Gasteiger partial charge in [-0.15, -0.1) is 0 Å². The van der Waals surface area contributed by atoms with Crippen molar-refractivity contribution in [3.8, 4) is 0 Å². The van der Waals surface area contributed by atoms with E-state index in [1.165, 1.54) is 18.9 Å². The molecule has 1 aromatic rings. The van der Waals surface area contributed by atoms with Gasteiger partial charge >= 0.3 is 0 Å². The quantitative estimate of drug-likeness (QED) is 0.898. The van der Waals surface area contributed by atoms with Crippen molar-refractivity contribution < 1.29 is 9.18 Å². The van der Waals surface area contributed by atoms with Crippen molar-refractivity contribution in [3.05, 3.63) is 35.1 Å². The van der Waals surface area contributed by atoms with Gasteiger partial charge in [0.25, 0.3) is 5.91 Å². The molecule has 128 valence electrons. The summed E-state index contributed by atoms with van der Waals surface area (Å²) in [4.78, 5) is 14.8. The molecule has 1 aliphatic rings. The average Bonchev–Trinajstić information content (AvgIpc) is 2.51. The third-order valence-electron chi connectivity index (χ3n) is 4.95. The third kappa shape index (κ3) is 4.77. The Labute approximate surface area is 139 Å². The summed E-state index contributed by atoms with van der Waals surface area (Å²) < 4.78 is 13.3. The summed E-state index contributed by atoms with van der Waals surface area (Å²) in [7, 11) is 0. The molecule has 1 N–H and O–H groups in total. The molecule has 1 aliphatic heterocycles. The average molecular weight is 320 g/mol. The number of hydrogen-bond acceptors (Lipinski definition) is 2. The van der Waals surface area contributed by atoms with Crippen molar-refractivity contribution in [1.29, 1.82) is 0 Å². The number of hydrogen-bond donors (Lipinski definition) is 1. The SMILES string of the molecule is Cc1cc(C(=O)NCC(C(C)C)N2CCC(C)CC2)ccc1F. The first-order chi connectivity index (χ1) is 10.9. The Morgan fingerprint density at radius 3 is 2.57 bits per heavy atom. The number of nitrogens with zero attached hydrogens (tertiary/aromatic N) is 1. The summed E-state index contributed by atoms with van der Waals surface area (Å²) in [6.45, 7) is 11.2. The number of nitrogens with one attached hydrogen (secondary N) is 1. The van der Waals surface area contributed by atoms with Crippen LogP contribution in [0.5, 0.6) is 0 Å². The van der Waals surface area contributed by atoms with E-state index in [-0.39, 0.29) is 11.7 Å². The zero-order chi connectivity index (χ0) is 17.0. The van der Waals surface area contributed by atoms with Crippen LogP contribution in [0.4, 0.5) is 4.39 Å². The molecule has 0 radical (unpaired) electrons. The van der Waals surface area contributed by atoms with Crippen molar-refractivity contribution in [2.24, 2.45) is 11.8 Å². The van der Waals surface area contributed by atoms with Gasteiger partial charge in [-0.1, -0.05) is 20.8 Å². The van der Waals surface area contributed by atoms with Crippen LogP contribution in [0.1, 0.15) is 49.5 Å². The Morgan fingerprint density at radius 1 is 1.35 bits per heavy atom. The lowest BCUT2D eigenvalue weighted by atomic mass is 9.94. The van der Waals surface area contributed by atoms with Crippen LogP contribution < -0.4 is 5.32 Å². The molecule has 0 aromatic heterocycles. The summed E-state index contributed by atoms with van der Waals surface area (Å²) in [6, 6.07) is 4.87. The summed E-state index contributed by atoms with van der Waals surface area (Å²) in [5.74, 6) is 0.891. The lowest BCUT2D eigenvalue weighted by Crippen LogP contribution is -2.49.